The molecule has 0 fully saturated rings. The smallest absolute Gasteiger partial charge is 0.0636 e. The molecule has 26 heavy (non-hydrogen) atoms. The molecular weight excluding hydrogens is 391 g/mol. The average molecular weight is 406 g/mol. The van der Waals surface area contributed by atoms with Gasteiger partial charge in [-0.3, -0.25) is 0 Å². The van der Waals surface area contributed by atoms with E-state index >= 15 is 0 Å². The Hall–Kier alpha value is -3.37. The molecule has 0 aromatic heterocycles. The van der Waals surface area contributed by atoms with Crippen LogP contribution in [0.4, 0.5) is 0 Å². The van der Waals surface area contributed by atoms with Gasteiger partial charge in [0, 0.05) is 18.6 Å². The van der Waals surface area contributed by atoms with E-state index in [1.165, 1.54) is 0 Å². The van der Waals surface area contributed by atoms with E-state index in [-0.39, 0.29) is 18.6 Å². The monoisotopic (exact) mass is 406 g/mol. The zero-order valence-corrected chi connectivity index (χ0v) is 14.8. The molecule has 0 aromatic carbocycles. The molecule has 0 unspecified atom stereocenters. The third-order valence-electron chi connectivity index (χ3n) is 0.833. The van der Waals surface area contributed by atoms with Gasteiger partial charge in [0.15, 0.2) is 0 Å². The maximum atomic E-state index is 9.14. The van der Waals surface area contributed by atoms with Crippen LogP contribution in [0.1, 0.15) is 0 Å². The van der Waals surface area contributed by atoms with Gasteiger partial charge in [0.1, 0.15) is 0 Å². The molecule has 0 saturated carbocycles. The molecule has 0 N–H and O–H groups in total. The largest absolute Gasteiger partial charge is 0.545 e. The Kier molecular flexibility index (Phi) is 49.0. The molecule has 1 radical (unpaired) electrons. The summed E-state index contributed by atoms with van der Waals surface area (Å²) in [4.78, 5) is 45.7. The van der Waals surface area contributed by atoms with Gasteiger partial charge < -0.3 is 49.5 Å². The normalized spacial score (nSPS) is 6.15. The molecule has 0 atom stereocenters. The fourth-order valence-electron chi connectivity index (χ4n) is 0. The summed E-state index contributed by atoms with van der Waals surface area (Å²) >= 11 is 0. The van der Waals surface area contributed by atoms with E-state index in [4.69, 9.17) is 49.5 Å². The fraction of sp³-hybridized carbons (Fsp3) is 0. The molecule has 0 spiro atoms. The summed E-state index contributed by atoms with van der Waals surface area (Å²) < 4.78 is 0. The first-order chi connectivity index (χ1) is 11.4. The number of rotatable bonds is 5. The van der Waals surface area contributed by atoms with Crippen LogP contribution >= 0.6 is 0 Å². The second kappa shape index (κ2) is 33.3. The third-order valence-corrected chi connectivity index (χ3v) is 0.833. The van der Waals surface area contributed by atoms with Gasteiger partial charge in [-0.05, 0) is 30.4 Å². The van der Waals surface area contributed by atoms with Crippen LogP contribution in [0, 0.1) is 0 Å². The predicted molar refractivity (Wildman–Crippen MR) is 76.0 cm³/mol. The molecule has 11 heteroatoms. The van der Waals surface area contributed by atoms with Crippen molar-refractivity contribution in [3.8, 4) is 0 Å². The fourth-order valence-corrected chi connectivity index (χ4v) is 0. The van der Waals surface area contributed by atoms with Crippen LogP contribution in [0.25, 0.3) is 0 Å². The van der Waals surface area contributed by atoms with Crippen molar-refractivity contribution in [3.05, 3.63) is 63.3 Å². The summed E-state index contributed by atoms with van der Waals surface area (Å²) in [5.74, 6) is -6.16. The maximum absolute atomic E-state index is 9.14. The molecule has 0 heterocycles. The number of aliphatic carboxylic acids is 5. The maximum Gasteiger partial charge on any atom is 0.0636 e. The minimum absolute atomic E-state index is 0. The van der Waals surface area contributed by atoms with Crippen LogP contribution in [0.3, 0.4) is 0 Å². The molecule has 0 amide bonds. The zero-order chi connectivity index (χ0) is 21.4. The van der Waals surface area contributed by atoms with Crippen LogP contribution in [0.2, 0.25) is 0 Å². The SMILES string of the molecule is C=CC(=O)[O-].C=CC(=O)[O-].C=CC(=O)[O-].C=CC(=O)[O-].C=CC(=O)[O-].[V]. The predicted octanol–water partition coefficient (Wildman–Crippen LogP) is -5.39. The van der Waals surface area contributed by atoms with Crippen LogP contribution < -0.4 is 25.5 Å². The standard InChI is InChI=1S/5C3H4O2.V/c5*1-2-3(4)5;/h5*2H,1H2,(H,4,5);/p-5. The van der Waals surface area contributed by atoms with E-state index in [1.807, 2.05) is 0 Å². The number of carbonyl (C=O) groups is 5. The summed E-state index contributed by atoms with van der Waals surface area (Å²) in [6, 6.07) is 0. The van der Waals surface area contributed by atoms with Crippen molar-refractivity contribution in [1.29, 1.82) is 0 Å². The van der Waals surface area contributed by atoms with Crippen molar-refractivity contribution in [2.24, 2.45) is 0 Å². The van der Waals surface area contributed by atoms with Crippen molar-refractivity contribution in [2.45, 2.75) is 0 Å². The first kappa shape index (κ1) is 38.3. The van der Waals surface area contributed by atoms with E-state index in [9.17, 15) is 0 Å². The van der Waals surface area contributed by atoms with Gasteiger partial charge in [0.05, 0.1) is 29.8 Å². The summed E-state index contributed by atoms with van der Waals surface area (Å²) in [6.45, 7) is 14.5. The number of carbonyl (C=O) groups excluding carboxylic acids is 5. The van der Waals surface area contributed by atoms with Gasteiger partial charge in [-0.1, -0.05) is 32.9 Å². The minimum atomic E-state index is -1.23. The Morgan fingerprint density at radius 3 is 0.462 bits per heavy atom. The van der Waals surface area contributed by atoms with E-state index in [2.05, 4.69) is 32.9 Å². The molecule has 0 aliphatic heterocycles. The molecule has 10 nitrogen and oxygen atoms in total. The Labute approximate surface area is 161 Å². The second-order valence-corrected chi connectivity index (χ2v) is 2.62. The van der Waals surface area contributed by atoms with E-state index in [1.54, 1.807) is 0 Å². The van der Waals surface area contributed by atoms with E-state index in [0.717, 1.165) is 30.4 Å². The number of hydrogen-bond donors (Lipinski definition) is 0. The third kappa shape index (κ3) is 181. The van der Waals surface area contributed by atoms with Crippen molar-refractivity contribution in [3.63, 3.8) is 0 Å². The number of hydrogen-bond acceptors (Lipinski definition) is 10. The quantitative estimate of drug-likeness (QED) is 0.397. The van der Waals surface area contributed by atoms with Gasteiger partial charge in [0.2, 0.25) is 0 Å². The van der Waals surface area contributed by atoms with Crippen LogP contribution in [-0.2, 0) is 42.5 Å². The van der Waals surface area contributed by atoms with E-state index in [0.29, 0.717) is 0 Å². The van der Waals surface area contributed by atoms with Gasteiger partial charge >= 0.3 is 0 Å². The topological polar surface area (TPSA) is 201 Å². The van der Waals surface area contributed by atoms with Crippen molar-refractivity contribution in [2.75, 3.05) is 0 Å². The first-order valence-corrected chi connectivity index (χ1v) is 5.53. The molecular formula is C15H15O10V-5. The molecule has 0 bridgehead atoms. The number of carboxylic acid groups (broad SMARTS) is 5. The Balaban J connectivity index is -0.0000000476. The summed E-state index contributed by atoms with van der Waals surface area (Å²) in [5, 5.41) is 45.7. The first-order valence-electron chi connectivity index (χ1n) is 5.53. The zero-order valence-electron chi connectivity index (χ0n) is 13.5. The van der Waals surface area contributed by atoms with Crippen molar-refractivity contribution < 1.29 is 68.1 Å². The van der Waals surface area contributed by atoms with Gasteiger partial charge in [-0.25, -0.2) is 0 Å². The van der Waals surface area contributed by atoms with E-state index < -0.39 is 29.8 Å². The molecule has 145 valence electrons. The Bertz CT molecular complexity index is 390. The Morgan fingerprint density at radius 1 is 0.423 bits per heavy atom. The summed E-state index contributed by atoms with van der Waals surface area (Å²) in [6.07, 6.45) is 3.61. The van der Waals surface area contributed by atoms with Gasteiger partial charge in [0.25, 0.3) is 0 Å². The molecule has 0 aliphatic carbocycles. The molecule has 0 saturated heterocycles. The van der Waals surface area contributed by atoms with Crippen molar-refractivity contribution in [1.82, 2.24) is 0 Å². The van der Waals surface area contributed by atoms with Crippen LogP contribution in [-0.4, -0.2) is 29.8 Å². The second-order valence-electron chi connectivity index (χ2n) is 2.62. The van der Waals surface area contributed by atoms with Crippen LogP contribution in [0.15, 0.2) is 63.3 Å². The average Bonchev–Trinajstić information content (AvgIpc) is 2.56. The van der Waals surface area contributed by atoms with Crippen LogP contribution in [0.5, 0.6) is 0 Å². The van der Waals surface area contributed by atoms with Gasteiger partial charge in [-0.15, -0.1) is 0 Å². The minimum Gasteiger partial charge on any atom is -0.545 e. The van der Waals surface area contributed by atoms with Gasteiger partial charge in [-0.2, -0.15) is 0 Å². The summed E-state index contributed by atoms with van der Waals surface area (Å²) in [5.41, 5.74) is 0. The number of carboxylic acids is 5. The molecule has 0 aliphatic rings. The molecule has 0 aromatic rings. The molecule has 0 rings (SSSR count). The summed E-state index contributed by atoms with van der Waals surface area (Å²) in [7, 11) is 0. The Morgan fingerprint density at radius 2 is 0.462 bits per heavy atom. The van der Waals surface area contributed by atoms with Crippen molar-refractivity contribution >= 4 is 29.8 Å².